The Bertz CT molecular complexity index is 899. The molecule has 25 heavy (non-hydrogen) atoms. The summed E-state index contributed by atoms with van der Waals surface area (Å²) < 4.78 is 12.7. The fourth-order valence-corrected chi connectivity index (χ4v) is 2.96. The summed E-state index contributed by atoms with van der Waals surface area (Å²) in [6, 6.07) is 13.7. The first kappa shape index (κ1) is 16.9. The maximum Gasteiger partial charge on any atom is 0.224 e. The molecule has 5 heteroatoms. The van der Waals surface area contributed by atoms with E-state index < -0.39 is 0 Å². The predicted octanol–water partition coefficient (Wildman–Crippen LogP) is 3.77. The number of aryl methyl sites for hydroxylation is 2. The van der Waals surface area contributed by atoms with Crippen molar-refractivity contribution in [1.82, 2.24) is 4.57 Å². The lowest BCUT2D eigenvalue weighted by Gasteiger charge is -2.12. The van der Waals surface area contributed by atoms with Crippen LogP contribution in [0.4, 0.5) is 5.69 Å². The molecule has 0 saturated carbocycles. The maximum atomic E-state index is 12.3. The number of hydrogen-bond acceptors (Lipinski definition) is 3. The van der Waals surface area contributed by atoms with Crippen molar-refractivity contribution in [3.63, 3.8) is 0 Å². The van der Waals surface area contributed by atoms with Crippen LogP contribution in [0, 0.1) is 0 Å². The number of fused-ring (bicyclic) bond motifs is 1. The lowest BCUT2D eigenvalue weighted by atomic mass is 10.1. The number of anilines is 1. The SMILES string of the molecule is COc1cccc(CCC(=O)Nc2ccc3ccn(C)c3c2)c1OC. The van der Waals surface area contributed by atoms with Gasteiger partial charge in [0.25, 0.3) is 0 Å². The van der Waals surface area contributed by atoms with Crippen molar-refractivity contribution in [1.29, 1.82) is 0 Å². The molecule has 0 radical (unpaired) electrons. The van der Waals surface area contributed by atoms with Crippen LogP contribution in [0.25, 0.3) is 10.9 Å². The van der Waals surface area contributed by atoms with Crippen molar-refractivity contribution in [2.24, 2.45) is 7.05 Å². The third-order valence-corrected chi connectivity index (χ3v) is 4.28. The highest BCUT2D eigenvalue weighted by Crippen LogP contribution is 2.31. The van der Waals surface area contributed by atoms with Gasteiger partial charge >= 0.3 is 0 Å². The lowest BCUT2D eigenvalue weighted by molar-refractivity contribution is -0.116. The Kier molecular flexibility index (Phi) is 4.93. The first-order chi connectivity index (χ1) is 12.1. The predicted molar refractivity (Wildman–Crippen MR) is 99.4 cm³/mol. The van der Waals surface area contributed by atoms with Gasteiger partial charge in [0, 0.05) is 30.9 Å². The third kappa shape index (κ3) is 3.60. The van der Waals surface area contributed by atoms with E-state index in [1.54, 1.807) is 14.2 Å². The van der Waals surface area contributed by atoms with Crippen LogP contribution in [0.15, 0.2) is 48.7 Å². The number of rotatable bonds is 6. The molecule has 0 unspecified atom stereocenters. The molecule has 0 saturated heterocycles. The van der Waals surface area contributed by atoms with Crippen LogP contribution < -0.4 is 14.8 Å². The molecule has 0 fully saturated rings. The van der Waals surface area contributed by atoms with E-state index in [4.69, 9.17) is 9.47 Å². The second-order valence-electron chi connectivity index (χ2n) is 5.90. The average molecular weight is 338 g/mol. The minimum absolute atomic E-state index is 0.0292. The third-order valence-electron chi connectivity index (χ3n) is 4.28. The molecule has 1 aromatic heterocycles. The average Bonchev–Trinajstić information content (AvgIpc) is 3.00. The van der Waals surface area contributed by atoms with Crippen LogP contribution >= 0.6 is 0 Å². The van der Waals surface area contributed by atoms with Crippen LogP contribution in [-0.4, -0.2) is 24.7 Å². The summed E-state index contributed by atoms with van der Waals surface area (Å²) in [5.41, 5.74) is 2.85. The topological polar surface area (TPSA) is 52.5 Å². The normalized spacial score (nSPS) is 10.7. The number of benzene rings is 2. The maximum absolute atomic E-state index is 12.3. The van der Waals surface area contributed by atoms with Gasteiger partial charge in [0.2, 0.25) is 5.91 Å². The molecule has 0 atom stereocenters. The standard InChI is InChI=1S/C20H22N2O3/c1-22-12-11-14-7-9-16(13-17(14)22)21-19(23)10-8-15-5-4-6-18(24-2)20(15)25-3/h4-7,9,11-13H,8,10H2,1-3H3,(H,21,23). The van der Waals surface area contributed by atoms with Gasteiger partial charge in [-0.25, -0.2) is 0 Å². The molecule has 1 heterocycles. The number of methoxy groups -OCH3 is 2. The van der Waals surface area contributed by atoms with Gasteiger partial charge in [0.1, 0.15) is 0 Å². The minimum atomic E-state index is -0.0292. The summed E-state index contributed by atoms with van der Waals surface area (Å²) in [6.45, 7) is 0. The van der Waals surface area contributed by atoms with Gasteiger partial charge in [-0.15, -0.1) is 0 Å². The minimum Gasteiger partial charge on any atom is -0.493 e. The molecule has 5 nitrogen and oxygen atoms in total. The fraction of sp³-hybridized carbons (Fsp3) is 0.250. The number of ether oxygens (including phenoxy) is 2. The molecule has 0 aliphatic heterocycles. The Balaban J connectivity index is 1.67. The van der Waals surface area contributed by atoms with Crippen molar-refractivity contribution in [2.45, 2.75) is 12.8 Å². The number of nitrogens with one attached hydrogen (secondary N) is 1. The first-order valence-corrected chi connectivity index (χ1v) is 8.17. The molecular formula is C20H22N2O3. The second kappa shape index (κ2) is 7.30. The van der Waals surface area contributed by atoms with Gasteiger partial charge < -0.3 is 19.4 Å². The summed E-state index contributed by atoms with van der Waals surface area (Å²) in [5, 5.41) is 4.12. The molecule has 0 aliphatic rings. The zero-order chi connectivity index (χ0) is 17.8. The highest BCUT2D eigenvalue weighted by Gasteiger charge is 2.11. The largest absolute Gasteiger partial charge is 0.493 e. The Morgan fingerprint density at radius 2 is 1.96 bits per heavy atom. The fourth-order valence-electron chi connectivity index (χ4n) is 2.96. The summed E-state index contributed by atoms with van der Waals surface area (Å²) >= 11 is 0. The van der Waals surface area contributed by atoms with Gasteiger partial charge in [-0.1, -0.05) is 18.2 Å². The first-order valence-electron chi connectivity index (χ1n) is 8.17. The monoisotopic (exact) mass is 338 g/mol. The number of carbonyl (C=O) groups excluding carboxylic acids is 1. The highest BCUT2D eigenvalue weighted by atomic mass is 16.5. The van der Waals surface area contributed by atoms with Gasteiger partial charge in [-0.3, -0.25) is 4.79 Å². The van der Waals surface area contributed by atoms with Gasteiger partial charge in [0.05, 0.1) is 14.2 Å². The zero-order valence-electron chi connectivity index (χ0n) is 14.7. The Labute approximate surface area is 147 Å². The lowest BCUT2D eigenvalue weighted by Crippen LogP contribution is -2.12. The van der Waals surface area contributed by atoms with E-state index in [9.17, 15) is 4.79 Å². The van der Waals surface area contributed by atoms with Crippen molar-refractivity contribution in [3.8, 4) is 11.5 Å². The van der Waals surface area contributed by atoms with Crippen LogP contribution in [0.1, 0.15) is 12.0 Å². The number of hydrogen-bond donors (Lipinski definition) is 1. The van der Waals surface area contributed by atoms with Crippen LogP contribution in [0.5, 0.6) is 11.5 Å². The number of nitrogens with zero attached hydrogens (tertiary/aromatic N) is 1. The van der Waals surface area contributed by atoms with Crippen molar-refractivity contribution < 1.29 is 14.3 Å². The smallest absolute Gasteiger partial charge is 0.224 e. The number of para-hydroxylation sites is 1. The number of carbonyl (C=O) groups is 1. The molecule has 1 N–H and O–H groups in total. The quantitative estimate of drug-likeness (QED) is 0.744. The van der Waals surface area contributed by atoms with E-state index in [0.717, 1.165) is 22.2 Å². The molecule has 0 spiro atoms. The Hall–Kier alpha value is -2.95. The number of aromatic nitrogens is 1. The molecule has 130 valence electrons. The van der Waals surface area contributed by atoms with Crippen LogP contribution in [-0.2, 0) is 18.3 Å². The molecule has 3 aromatic rings. The van der Waals surface area contributed by atoms with Crippen molar-refractivity contribution >= 4 is 22.5 Å². The van der Waals surface area contributed by atoms with Gasteiger partial charge in [-0.2, -0.15) is 0 Å². The second-order valence-corrected chi connectivity index (χ2v) is 5.90. The van der Waals surface area contributed by atoms with Crippen LogP contribution in [0.3, 0.4) is 0 Å². The van der Waals surface area contributed by atoms with Gasteiger partial charge in [0.15, 0.2) is 11.5 Å². The van der Waals surface area contributed by atoms with Crippen LogP contribution in [0.2, 0.25) is 0 Å². The van der Waals surface area contributed by atoms with E-state index in [1.165, 1.54) is 0 Å². The molecule has 2 aromatic carbocycles. The van der Waals surface area contributed by atoms with E-state index in [2.05, 4.69) is 11.4 Å². The Morgan fingerprint density at radius 1 is 1.12 bits per heavy atom. The highest BCUT2D eigenvalue weighted by molar-refractivity contribution is 5.93. The molecule has 1 amide bonds. The van der Waals surface area contributed by atoms with Gasteiger partial charge in [-0.05, 0) is 41.6 Å². The summed E-state index contributed by atoms with van der Waals surface area (Å²) in [6.07, 6.45) is 2.96. The van der Waals surface area contributed by atoms with Crippen molar-refractivity contribution in [3.05, 3.63) is 54.2 Å². The molecule has 0 bridgehead atoms. The number of amides is 1. The molecular weight excluding hydrogens is 316 g/mol. The molecule has 0 aliphatic carbocycles. The van der Waals surface area contributed by atoms with E-state index in [0.29, 0.717) is 24.3 Å². The molecule has 3 rings (SSSR count). The zero-order valence-corrected chi connectivity index (χ0v) is 14.7. The van der Waals surface area contributed by atoms with E-state index >= 15 is 0 Å². The van der Waals surface area contributed by atoms with E-state index in [1.807, 2.05) is 54.2 Å². The summed E-state index contributed by atoms with van der Waals surface area (Å²) in [4.78, 5) is 12.3. The summed E-state index contributed by atoms with van der Waals surface area (Å²) in [7, 11) is 5.20. The van der Waals surface area contributed by atoms with Crippen molar-refractivity contribution in [2.75, 3.05) is 19.5 Å². The Morgan fingerprint density at radius 3 is 2.72 bits per heavy atom. The van der Waals surface area contributed by atoms with E-state index in [-0.39, 0.29) is 5.91 Å². The summed E-state index contributed by atoms with van der Waals surface area (Å²) in [5.74, 6) is 1.33.